The topological polar surface area (TPSA) is 35.5 Å². The summed E-state index contributed by atoms with van der Waals surface area (Å²) in [6, 6.07) is 3.24. The van der Waals surface area contributed by atoms with Gasteiger partial charge < -0.3 is 10.4 Å². The number of aromatic hydroxyl groups is 1. The van der Waals surface area contributed by atoms with Gasteiger partial charge >= 0.3 is 0 Å². The van der Waals surface area contributed by atoms with Crippen LogP contribution in [0.4, 0.5) is 4.39 Å². The highest BCUT2D eigenvalue weighted by molar-refractivity contribution is 9.10. The molecular weight excluding hydrogens is 299 g/mol. The van der Waals surface area contributed by atoms with E-state index in [1.807, 2.05) is 0 Å². The van der Waals surface area contributed by atoms with Gasteiger partial charge in [0.05, 0.1) is 4.47 Å². The van der Waals surface area contributed by atoms with E-state index in [9.17, 15) is 9.50 Å². The summed E-state index contributed by atoms with van der Waals surface area (Å²) >= 11 is 3.10. The summed E-state index contributed by atoms with van der Waals surface area (Å²) in [4.78, 5) is 2.33. The van der Waals surface area contributed by atoms with Gasteiger partial charge in [0.25, 0.3) is 0 Å². The van der Waals surface area contributed by atoms with E-state index in [4.69, 9.17) is 0 Å². The summed E-state index contributed by atoms with van der Waals surface area (Å²) in [5, 5.41) is 13.4. The molecule has 3 nitrogen and oxygen atoms in total. The number of rotatable bonds is 3. The van der Waals surface area contributed by atoms with Gasteiger partial charge in [-0.2, -0.15) is 0 Å². The molecule has 2 rings (SSSR count). The van der Waals surface area contributed by atoms with Crippen molar-refractivity contribution in [1.82, 2.24) is 10.2 Å². The molecule has 1 atom stereocenters. The lowest BCUT2D eigenvalue weighted by molar-refractivity contribution is 0.166. The Labute approximate surface area is 115 Å². The minimum Gasteiger partial charge on any atom is -0.506 e. The van der Waals surface area contributed by atoms with E-state index in [0.29, 0.717) is 0 Å². The van der Waals surface area contributed by atoms with Crippen LogP contribution in [0.5, 0.6) is 5.75 Å². The van der Waals surface area contributed by atoms with Crippen LogP contribution < -0.4 is 5.32 Å². The van der Waals surface area contributed by atoms with Crippen molar-refractivity contribution in [3.8, 4) is 5.75 Å². The van der Waals surface area contributed by atoms with Crippen LogP contribution in [0.1, 0.15) is 24.9 Å². The molecule has 0 radical (unpaired) electrons. The number of piperazine rings is 1. The SMILES string of the molecule is CC[C@@H](c1ccc(F)c(Br)c1O)N1CCNCC1. The number of phenolic OH excluding ortho intramolecular Hbond substituents is 1. The standard InChI is InChI=1S/C13H18BrFN2O/c1-2-11(17-7-5-16-6-8-17)9-3-4-10(15)12(14)13(9)18/h3-4,11,16,18H,2,5-8H2,1H3/t11-/m0/s1. The zero-order valence-corrected chi connectivity index (χ0v) is 12.0. The monoisotopic (exact) mass is 316 g/mol. The zero-order valence-electron chi connectivity index (χ0n) is 10.4. The molecule has 0 aromatic heterocycles. The quantitative estimate of drug-likeness (QED) is 0.900. The van der Waals surface area contributed by atoms with E-state index < -0.39 is 5.82 Å². The fourth-order valence-electron chi connectivity index (χ4n) is 2.49. The van der Waals surface area contributed by atoms with Crippen LogP contribution in [-0.2, 0) is 0 Å². The first-order chi connectivity index (χ1) is 8.65. The van der Waals surface area contributed by atoms with E-state index in [1.165, 1.54) is 6.07 Å². The fourth-order valence-corrected chi connectivity index (χ4v) is 2.85. The highest BCUT2D eigenvalue weighted by Crippen LogP contribution is 2.37. The van der Waals surface area contributed by atoms with Crippen LogP contribution >= 0.6 is 15.9 Å². The van der Waals surface area contributed by atoms with Gasteiger partial charge in [0.2, 0.25) is 0 Å². The zero-order chi connectivity index (χ0) is 13.1. The molecule has 0 unspecified atom stereocenters. The first-order valence-electron chi connectivity index (χ1n) is 6.26. The first kappa shape index (κ1) is 13.8. The van der Waals surface area contributed by atoms with Gasteiger partial charge in [-0.3, -0.25) is 4.90 Å². The van der Waals surface area contributed by atoms with Crippen molar-refractivity contribution >= 4 is 15.9 Å². The maximum Gasteiger partial charge on any atom is 0.141 e. The predicted octanol–water partition coefficient (Wildman–Crippen LogP) is 2.65. The average Bonchev–Trinajstić information content (AvgIpc) is 2.41. The molecule has 1 aromatic rings. The fraction of sp³-hybridized carbons (Fsp3) is 0.538. The van der Waals surface area contributed by atoms with E-state index >= 15 is 0 Å². The lowest BCUT2D eigenvalue weighted by Crippen LogP contribution is -2.45. The van der Waals surface area contributed by atoms with Gasteiger partial charge in [0.15, 0.2) is 0 Å². The predicted molar refractivity (Wildman–Crippen MR) is 73.2 cm³/mol. The first-order valence-corrected chi connectivity index (χ1v) is 7.06. The molecule has 1 heterocycles. The van der Waals surface area contributed by atoms with E-state index in [0.717, 1.165) is 38.2 Å². The van der Waals surface area contributed by atoms with Gasteiger partial charge in [-0.15, -0.1) is 0 Å². The van der Waals surface area contributed by atoms with Gasteiger partial charge in [0.1, 0.15) is 11.6 Å². The maximum absolute atomic E-state index is 13.3. The van der Waals surface area contributed by atoms with Crippen LogP contribution in [-0.4, -0.2) is 36.2 Å². The summed E-state index contributed by atoms with van der Waals surface area (Å²) in [6.07, 6.45) is 0.894. The Kier molecular flexibility index (Phi) is 4.59. The van der Waals surface area contributed by atoms with Crippen LogP contribution in [0.2, 0.25) is 0 Å². The van der Waals surface area contributed by atoms with Crippen molar-refractivity contribution in [3.63, 3.8) is 0 Å². The number of hydrogen-bond acceptors (Lipinski definition) is 3. The number of halogens is 2. The van der Waals surface area contributed by atoms with Crippen molar-refractivity contribution < 1.29 is 9.50 Å². The highest BCUT2D eigenvalue weighted by atomic mass is 79.9. The Hall–Kier alpha value is -0.650. The lowest BCUT2D eigenvalue weighted by atomic mass is 10.0. The molecule has 2 N–H and O–H groups in total. The molecule has 1 aliphatic heterocycles. The molecule has 5 heteroatoms. The molecule has 1 saturated heterocycles. The Morgan fingerprint density at radius 2 is 2.11 bits per heavy atom. The minimum atomic E-state index is -0.425. The van der Waals surface area contributed by atoms with Gasteiger partial charge in [0, 0.05) is 37.8 Å². The van der Waals surface area contributed by atoms with E-state index in [1.54, 1.807) is 6.07 Å². The number of hydrogen-bond donors (Lipinski definition) is 2. The van der Waals surface area contributed by atoms with Gasteiger partial charge in [-0.1, -0.05) is 13.0 Å². The number of nitrogens with one attached hydrogen (secondary N) is 1. The molecule has 100 valence electrons. The second kappa shape index (κ2) is 5.99. The molecule has 0 spiro atoms. The number of benzene rings is 1. The highest BCUT2D eigenvalue weighted by Gasteiger charge is 2.24. The molecule has 0 amide bonds. The van der Waals surface area contributed by atoms with E-state index in [-0.39, 0.29) is 16.3 Å². The molecule has 1 aromatic carbocycles. The number of phenols is 1. The van der Waals surface area contributed by atoms with E-state index in [2.05, 4.69) is 33.1 Å². The van der Waals surface area contributed by atoms with Crippen molar-refractivity contribution in [3.05, 3.63) is 28.0 Å². The van der Waals surface area contributed by atoms with Crippen molar-refractivity contribution in [2.24, 2.45) is 0 Å². The summed E-state index contributed by atoms with van der Waals surface area (Å²) in [5.74, 6) is -0.396. The van der Waals surface area contributed by atoms with Crippen LogP contribution in [0.3, 0.4) is 0 Å². The number of nitrogens with zero attached hydrogens (tertiary/aromatic N) is 1. The summed E-state index contributed by atoms with van der Waals surface area (Å²) in [7, 11) is 0. The van der Waals surface area contributed by atoms with Crippen molar-refractivity contribution in [2.45, 2.75) is 19.4 Å². The molecule has 1 aliphatic rings. The normalized spacial score (nSPS) is 18.8. The maximum atomic E-state index is 13.3. The third kappa shape index (κ3) is 2.68. The van der Waals surface area contributed by atoms with Crippen molar-refractivity contribution in [1.29, 1.82) is 0 Å². The molecular formula is C13H18BrFN2O. The minimum absolute atomic E-state index is 0.0281. The molecule has 0 saturated carbocycles. The Morgan fingerprint density at radius 1 is 1.44 bits per heavy atom. The smallest absolute Gasteiger partial charge is 0.141 e. The summed E-state index contributed by atoms with van der Waals surface area (Å²) in [5.41, 5.74) is 0.799. The Balaban J connectivity index is 2.29. The van der Waals surface area contributed by atoms with Crippen LogP contribution in [0, 0.1) is 5.82 Å². The molecule has 0 aliphatic carbocycles. The average molecular weight is 317 g/mol. The molecule has 0 bridgehead atoms. The Morgan fingerprint density at radius 3 is 2.72 bits per heavy atom. The lowest BCUT2D eigenvalue weighted by Gasteiger charge is -2.35. The van der Waals surface area contributed by atoms with Crippen LogP contribution in [0.15, 0.2) is 16.6 Å². The Bertz CT molecular complexity index is 422. The van der Waals surface area contributed by atoms with Gasteiger partial charge in [-0.25, -0.2) is 4.39 Å². The summed E-state index contributed by atoms with van der Waals surface area (Å²) < 4.78 is 13.5. The third-order valence-electron chi connectivity index (χ3n) is 3.44. The second-order valence-electron chi connectivity index (χ2n) is 4.51. The van der Waals surface area contributed by atoms with Gasteiger partial charge in [-0.05, 0) is 28.4 Å². The molecule has 18 heavy (non-hydrogen) atoms. The van der Waals surface area contributed by atoms with Crippen LogP contribution in [0.25, 0.3) is 0 Å². The van der Waals surface area contributed by atoms with Crippen molar-refractivity contribution in [2.75, 3.05) is 26.2 Å². The largest absolute Gasteiger partial charge is 0.506 e. The molecule has 1 fully saturated rings. The summed E-state index contributed by atoms with van der Waals surface area (Å²) in [6.45, 7) is 5.91. The third-order valence-corrected chi connectivity index (χ3v) is 4.19. The second-order valence-corrected chi connectivity index (χ2v) is 5.30.